The smallest absolute Gasteiger partial charge is 0.255 e. The van der Waals surface area contributed by atoms with Gasteiger partial charge in [0.15, 0.2) is 0 Å². The molecule has 2 rings (SSSR count). The molecule has 0 spiro atoms. The standard InChI is InChI=1S/C20H24N2O4/c1-14(2)26-16-8-6-7-15(13-16)19(23)22-18-10-5-4-9-17(18)20(24)21-11-12-25-3/h4-10,13-14H,11-12H2,1-3H3,(H,21,24)(H,22,23). The van der Waals surface area contributed by atoms with Gasteiger partial charge in [-0.25, -0.2) is 0 Å². The molecule has 0 saturated heterocycles. The highest BCUT2D eigenvalue weighted by molar-refractivity contribution is 6.09. The Hall–Kier alpha value is -2.86. The summed E-state index contributed by atoms with van der Waals surface area (Å²) >= 11 is 0. The molecule has 2 amide bonds. The topological polar surface area (TPSA) is 76.7 Å². The third-order valence-electron chi connectivity index (χ3n) is 3.48. The zero-order chi connectivity index (χ0) is 18.9. The van der Waals surface area contributed by atoms with Crippen molar-refractivity contribution in [2.45, 2.75) is 20.0 Å². The molecule has 0 aliphatic heterocycles. The first-order valence-electron chi connectivity index (χ1n) is 8.45. The van der Waals surface area contributed by atoms with Gasteiger partial charge in [-0.2, -0.15) is 0 Å². The van der Waals surface area contributed by atoms with E-state index in [1.165, 1.54) is 0 Å². The lowest BCUT2D eigenvalue weighted by atomic mass is 10.1. The molecule has 0 aliphatic rings. The van der Waals surface area contributed by atoms with Crippen molar-refractivity contribution in [3.05, 3.63) is 59.7 Å². The van der Waals surface area contributed by atoms with Crippen molar-refractivity contribution in [2.24, 2.45) is 0 Å². The Bertz CT molecular complexity index is 759. The van der Waals surface area contributed by atoms with Gasteiger partial charge in [-0.1, -0.05) is 18.2 Å². The molecule has 0 fully saturated rings. The summed E-state index contributed by atoms with van der Waals surface area (Å²) in [6.45, 7) is 4.66. The van der Waals surface area contributed by atoms with Crippen molar-refractivity contribution in [1.82, 2.24) is 5.32 Å². The number of para-hydroxylation sites is 1. The third kappa shape index (κ3) is 5.60. The molecule has 0 aliphatic carbocycles. The number of hydrogen-bond acceptors (Lipinski definition) is 4. The van der Waals surface area contributed by atoms with Crippen LogP contribution in [0.5, 0.6) is 5.75 Å². The van der Waals surface area contributed by atoms with E-state index in [1.54, 1.807) is 55.6 Å². The highest BCUT2D eigenvalue weighted by atomic mass is 16.5. The van der Waals surface area contributed by atoms with E-state index in [4.69, 9.17) is 9.47 Å². The molecule has 0 saturated carbocycles. The number of amides is 2. The predicted octanol–water partition coefficient (Wildman–Crippen LogP) is 3.10. The van der Waals surface area contributed by atoms with E-state index in [0.29, 0.717) is 35.7 Å². The van der Waals surface area contributed by atoms with Gasteiger partial charge in [-0.15, -0.1) is 0 Å². The fraction of sp³-hybridized carbons (Fsp3) is 0.300. The molecule has 2 N–H and O–H groups in total. The highest BCUT2D eigenvalue weighted by Gasteiger charge is 2.14. The molecule has 26 heavy (non-hydrogen) atoms. The highest BCUT2D eigenvalue weighted by Crippen LogP contribution is 2.19. The number of ether oxygens (including phenoxy) is 2. The van der Waals surface area contributed by atoms with Crippen molar-refractivity contribution >= 4 is 17.5 Å². The fourth-order valence-corrected chi connectivity index (χ4v) is 2.33. The molecule has 0 heterocycles. The van der Waals surface area contributed by atoms with Gasteiger partial charge in [-0.3, -0.25) is 9.59 Å². The molecule has 6 heteroatoms. The van der Waals surface area contributed by atoms with Crippen LogP contribution < -0.4 is 15.4 Å². The Morgan fingerprint density at radius 1 is 1.04 bits per heavy atom. The third-order valence-corrected chi connectivity index (χ3v) is 3.48. The first-order chi connectivity index (χ1) is 12.5. The fourth-order valence-electron chi connectivity index (χ4n) is 2.33. The number of hydrogen-bond donors (Lipinski definition) is 2. The average Bonchev–Trinajstić information content (AvgIpc) is 2.62. The summed E-state index contributed by atoms with van der Waals surface area (Å²) in [6, 6.07) is 13.8. The van der Waals surface area contributed by atoms with Gasteiger partial charge in [0.2, 0.25) is 0 Å². The summed E-state index contributed by atoms with van der Waals surface area (Å²) in [4.78, 5) is 24.9. The summed E-state index contributed by atoms with van der Waals surface area (Å²) in [6.07, 6.45) is 0.0184. The van der Waals surface area contributed by atoms with Crippen molar-refractivity contribution in [3.8, 4) is 5.75 Å². The Kier molecular flexibility index (Phi) is 7.17. The van der Waals surface area contributed by atoms with Crippen molar-refractivity contribution in [1.29, 1.82) is 0 Å². The monoisotopic (exact) mass is 356 g/mol. The Balaban J connectivity index is 2.13. The number of benzene rings is 2. The minimum atomic E-state index is -0.309. The van der Waals surface area contributed by atoms with Crippen molar-refractivity contribution < 1.29 is 19.1 Å². The number of methoxy groups -OCH3 is 1. The lowest BCUT2D eigenvalue weighted by molar-refractivity contribution is 0.0938. The van der Waals surface area contributed by atoms with Crippen LogP contribution in [0.15, 0.2) is 48.5 Å². The van der Waals surface area contributed by atoms with E-state index in [-0.39, 0.29) is 17.9 Å². The first kappa shape index (κ1) is 19.5. The van der Waals surface area contributed by atoms with Gasteiger partial charge < -0.3 is 20.1 Å². The molecule has 6 nitrogen and oxygen atoms in total. The van der Waals surface area contributed by atoms with Crippen LogP contribution in [0.2, 0.25) is 0 Å². The molecule has 0 atom stereocenters. The first-order valence-corrected chi connectivity index (χ1v) is 8.45. The number of nitrogens with one attached hydrogen (secondary N) is 2. The zero-order valence-electron chi connectivity index (χ0n) is 15.2. The second kappa shape index (κ2) is 9.58. The summed E-state index contributed by atoms with van der Waals surface area (Å²) in [5.41, 5.74) is 1.30. The quantitative estimate of drug-likeness (QED) is 0.713. The molecule has 0 radical (unpaired) electrons. The van der Waals surface area contributed by atoms with Crippen LogP contribution >= 0.6 is 0 Å². The summed E-state index contributed by atoms with van der Waals surface area (Å²) in [7, 11) is 1.57. The summed E-state index contributed by atoms with van der Waals surface area (Å²) in [5.74, 6) is 0.0458. The van der Waals surface area contributed by atoms with E-state index in [2.05, 4.69) is 10.6 Å². The summed E-state index contributed by atoms with van der Waals surface area (Å²) in [5, 5.41) is 5.54. The van der Waals surface area contributed by atoms with E-state index in [9.17, 15) is 9.59 Å². The molecule has 0 unspecified atom stereocenters. The lowest BCUT2D eigenvalue weighted by Crippen LogP contribution is -2.28. The van der Waals surface area contributed by atoms with Crippen LogP contribution in [-0.2, 0) is 4.74 Å². The van der Waals surface area contributed by atoms with Gasteiger partial charge in [0.05, 0.1) is 24.0 Å². The van der Waals surface area contributed by atoms with Gasteiger partial charge in [0.25, 0.3) is 11.8 Å². The molecular weight excluding hydrogens is 332 g/mol. The lowest BCUT2D eigenvalue weighted by Gasteiger charge is -2.13. The predicted molar refractivity (Wildman–Crippen MR) is 101 cm³/mol. The van der Waals surface area contributed by atoms with Gasteiger partial charge in [0.1, 0.15) is 5.75 Å². The minimum absolute atomic E-state index is 0.0184. The maximum Gasteiger partial charge on any atom is 0.255 e. The van der Waals surface area contributed by atoms with Gasteiger partial charge in [0, 0.05) is 19.2 Å². The Morgan fingerprint density at radius 3 is 2.54 bits per heavy atom. The van der Waals surface area contributed by atoms with Crippen LogP contribution in [0.25, 0.3) is 0 Å². The molecule has 138 valence electrons. The minimum Gasteiger partial charge on any atom is -0.491 e. The van der Waals surface area contributed by atoms with Crippen molar-refractivity contribution in [3.63, 3.8) is 0 Å². The van der Waals surface area contributed by atoms with Crippen LogP contribution in [0.1, 0.15) is 34.6 Å². The van der Waals surface area contributed by atoms with Crippen LogP contribution in [-0.4, -0.2) is 38.2 Å². The Labute approximate surface area is 153 Å². The van der Waals surface area contributed by atoms with E-state index in [0.717, 1.165) is 0 Å². The second-order valence-electron chi connectivity index (χ2n) is 5.94. The van der Waals surface area contributed by atoms with Gasteiger partial charge in [-0.05, 0) is 44.2 Å². The maximum atomic E-state index is 12.6. The molecule has 2 aromatic carbocycles. The van der Waals surface area contributed by atoms with Crippen LogP contribution in [0.4, 0.5) is 5.69 Å². The average molecular weight is 356 g/mol. The van der Waals surface area contributed by atoms with Crippen LogP contribution in [0.3, 0.4) is 0 Å². The van der Waals surface area contributed by atoms with E-state index < -0.39 is 0 Å². The van der Waals surface area contributed by atoms with Crippen molar-refractivity contribution in [2.75, 3.05) is 25.6 Å². The zero-order valence-corrected chi connectivity index (χ0v) is 15.2. The molecule has 2 aromatic rings. The van der Waals surface area contributed by atoms with E-state index >= 15 is 0 Å². The number of rotatable bonds is 8. The molecular formula is C20H24N2O4. The molecule has 0 bridgehead atoms. The maximum absolute atomic E-state index is 12.6. The Morgan fingerprint density at radius 2 is 1.81 bits per heavy atom. The van der Waals surface area contributed by atoms with E-state index in [1.807, 2.05) is 13.8 Å². The number of carbonyl (C=O) groups excluding carboxylic acids is 2. The van der Waals surface area contributed by atoms with Gasteiger partial charge >= 0.3 is 0 Å². The van der Waals surface area contributed by atoms with Crippen LogP contribution in [0, 0.1) is 0 Å². The normalized spacial score (nSPS) is 10.5. The summed E-state index contributed by atoms with van der Waals surface area (Å²) < 4.78 is 10.5. The largest absolute Gasteiger partial charge is 0.491 e. The number of carbonyl (C=O) groups is 2. The SMILES string of the molecule is COCCNC(=O)c1ccccc1NC(=O)c1cccc(OC(C)C)c1. The second-order valence-corrected chi connectivity index (χ2v) is 5.94. The number of anilines is 1. The molecule has 0 aromatic heterocycles.